The first-order chi connectivity index (χ1) is 15.8. The van der Waals surface area contributed by atoms with E-state index in [-0.39, 0.29) is 17.2 Å². The number of piperazine rings is 1. The summed E-state index contributed by atoms with van der Waals surface area (Å²) < 4.78 is 44.5. The SMILES string of the molecule is Cc1cc(C(F)(F)F)cc(O)c1-c1ccc2[nH]c(N3CCN(C(=O)OC(C)(C)C)CC3)nc2n1. The van der Waals surface area contributed by atoms with Gasteiger partial charge in [0.05, 0.1) is 16.8 Å². The van der Waals surface area contributed by atoms with Gasteiger partial charge in [0.15, 0.2) is 5.65 Å². The van der Waals surface area contributed by atoms with Crippen molar-refractivity contribution in [2.45, 2.75) is 39.5 Å². The standard InChI is InChI=1S/C23H26F3N5O3/c1-13-11-14(23(24,25)26)12-17(32)18(13)15-5-6-16-19(27-15)29-20(28-16)30-7-9-31(10-8-30)21(33)34-22(2,3)4/h5-6,11-12,32H,7-10H2,1-4H3,(H,27,28,29). The molecule has 1 aliphatic heterocycles. The van der Waals surface area contributed by atoms with Crippen molar-refractivity contribution in [1.29, 1.82) is 0 Å². The number of benzene rings is 1. The lowest BCUT2D eigenvalue weighted by Crippen LogP contribution is -2.50. The lowest BCUT2D eigenvalue weighted by Gasteiger charge is -2.35. The Hall–Kier alpha value is -3.50. The molecule has 1 aliphatic rings. The zero-order valence-electron chi connectivity index (χ0n) is 19.3. The highest BCUT2D eigenvalue weighted by Gasteiger charge is 2.32. The summed E-state index contributed by atoms with van der Waals surface area (Å²) in [7, 11) is 0. The van der Waals surface area contributed by atoms with Gasteiger partial charge < -0.3 is 24.6 Å². The van der Waals surface area contributed by atoms with Crippen LogP contribution in [-0.4, -0.2) is 62.8 Å². The number of aromatic hydroxyl groups is 1. The normalized spacial score (nSPS) is 15.1. The molecular weight excluding hydrogens is 451 g/mol. The molecule has 8 nitrogen and oxygen atoms in total. The maximum absolute atomic E-state index is 13.0. The third-order valence-electron chi connectivity index (χ3n) is 5.46. The molecular formula is C23H26F3N5O3. The van der Waals surface area contributed by atoms with Crippen LogP contribution in [0.1, 0.15) is 31.9 Å². The monoisotopic (exact) mass is 477 g/mol. The van der Waals surface area contributed by atoms with Crippen molar-refractivity contribution in [3.63, 3.8) is 0 Å². The van der Waals surface area contributed by atoms with Crippen molar-refractivity contribution >= 4 is 23.2 Å². The second kappa shape index (κ2) is 8.37. The van der Waals surface area contributed by atoms with Crippen LogP contribution >= 0.6 is 0 Å². The van der Waals surface area contributed by atoms with E-state index >= 15 is 0 Å². The van der Waals surface area contributed by atoms with Gasteiger partial charge in [0.2, 0.25) is 5.95 Å². The van der Waals surface area contributed by atoms with E-state index in [1.807, 2.05) is 25.7 Å². The third-order valence-corrected chi connectivity index (χ3v) is 5.46. The Kier molecular flexibility index (Phi) is 5.82. The number of rotatable bonds is 2. The lowest BCUT2D eigenvalue weighted by atomic mass is 10.0. The van der Waals surface area contributed by atoms with E-state index in [1.54, 1.807) is 17.0 Å². The molecule has 34 heavy (non-hydrogen) atoms. The number of hydrogen-bond acceptors (Lipinski definition) is 6. The summed E-state index contributed by atoms with van der Waals surface area (Å²) in [5.41, 5.74) is 0.358. The number of nitrogens with one attached hydrogen (secondary N) is 1. The van der Waals surface area contributed by atoms with Crippen LogP contribution in [-0.2, 0) is 10.9 Å². The molecule has 1 saturated heterocycles. The Morgan fingerprint density at radius 2 is 1.76 bits per heavy atom. The quantitative estimate of drug-likeness (QED) is 0.555. The van der Waals surface area contributed by atoms with Gasteiger partial charge >= 0.3 is 12.3 Å². The van der Waals surface area contributed by atoms with Crippen LogP contribution in [0.5, 0.6) is 5.75 Å². The van der Waals surface area contributed by atoms with Gasteiger partial charge in [-0.25, -0.2) is 9.78 Å². The number of carbonyl (C=O) groups excluding carboxylic acids is 1. The molecule has 1 fully saturated rings. The second-order valence-corrected chi connectivity index (χ2v) is 9.27. The molecule has 2 aromatic heterocycles. The number of phenols is 1. The molecule has 0 aliphatic carbocycles. The zero-order chi connectivity index (χ0) is 24.8. The topological polar surface area (TPSA) is 94.6 Å². The Bertz CT molecular complexity index is 1200. The average molecular weight is 477 g/mol. The molecule has 0 saturated carbocycles. The maximum atomic E-state index is 13.0. The predicted octanol–water partition coefficient (Wildman–Crippen LogP) is 4.71. The van der Waals surface area contributed by atoms with Crippen LogP contribution in [0.3, 0.4) is 0 Å². The summed E-state index contributed by atoms with van der Waals surface area (Å²) in [6, 6.07) is 5.04. The number of ether oxygens (including phenoxy) is 1. The smallest absolute Gasteiger partial charge is 0.416 e. The summed E-state index contributed by atoms with van der Waals surface area (Å²) in [5, 5.41) is 10.3. The van der Waals surface area contributed by atoms with E-state index in [0.717, 1.165) is 6.07 Å². The molecule has 3 heterocycles. The summed E-state index contributed by atoms with van der Waals surface area (Å²) in [4.78, 5) is 28.1. The number of carbonyl (C=O) groups is 1. The fourth-order valence-electron chi connectivity index (χ4n) is 3.86. The number of imidazole rings is 1. The summed E-state index contributed by atoms with van der Waals surface area (Å²) >= 11 is 0. The number of aromatic amines is 1. The Morgan fingerprint density at radius 1 is 1.09 bits per heavy atom. The molecule has 4 rings (SSSR count). The number of H-pyrrole nitrogens is 1. The largest absolute Gasteiger partial charge is 0.507 e. The van der Waals surface area contributed by atoms with Crippen LogP contribution < -0.4 is 4.90 Å². The van der Waals surface area contributed by atoms with Crippen molar-refractivity contribution < 1.29 is 27.8 Å². The van der Waals surface area contributed by atoms with Crippen LogP contribution in [0, 0.1) is 6.92 Å². The first-order valence-corrected chi connectivity index (χ1v) is 10.8. The molecule has 2 N–H and O–H groups in total. The molecule has 0 bridgehead atoms. The number of amides is 1. The van der Waals surface area contributed by atoms with Gasteiger partial charge in [-0.15, -0.1) is 0 Å². The number of halogens is 3. The van der Waals surface area contributed by atoms with E-state index < -0.39 is 23.1 Å². The van der Waals surface area contributed by atoms with Crippen molar-refractivity contribution in [3.05, 3.63) is 35.4 Å². The molecule has 1 aromatic carbocycles. The highest BCUT2D eigenvalue weighted by atomic mass is 19.4. The van der Waals surface area contributed by atoms with Crippen molar-refractivity contribution in [2.24, 2.45) is 0 Å². The minimum absolute atomic E-state index is 0.227. The molecule has 1 amide bonds. The summed E-state index contributed by atoms with van der Waals surface area (Å²) in [5.74, 6) is 0.0880. The van der Waals surface area contributed by atoms with Gasteiger partial charge in [-0.2, -0.15) is 18.2 Å². The molecule has 3 aromatic rings. The number of phenolic OH excluding ortho intramolecular Hbond substituents is 1. The lowest BCUT2D eigenvalue weighted by molar-refractivity contribution is -0.137. The van der Waals surface area contributed by atoms with E-state index in [1.165, 1.54) is 6.92 Å². The second-order valence-electron chi connectivity index (χ2n) is 9.27. The van der Waals surface area contributed by atoms with Crippen LogP contribution in [0.25, 0.3) is 22.4 Å². The Balaban J connectivity index is 1.53. The fraction of sp³-hybridized carbons (Fsp3) is 0.435. The Morgan fingerprint density at radius 3 is 2.35 bits per heavy atom. The number of hydrogen-bond donors (Lipinski definition) is 2. The van der Waals surface area contributed by atoms with Gasteiger partial charge in [-0.3, -0.25) is 0 Å². The molecule has 0 unspecified atom stereocenters. The molecule has 182 valence electrons. The molecule has 0 radical (unpaired) electrons. The minimum Gasteiger partial charge on any atom is -0.507 e. The molecule has 11 heteroatoms. The van der Waals surface area contributed by atoms with Gasteiger partial charge in [0, 0.05) is 31.7 Å². The number of aryl methyl sites for hydroxylation is 1. The Labute approximate surface area is 194 Å². The van der Waals surface area contributed by atoms with Crippen LogP contribution in [0.2, 0.25) is 0 Å². The third kappa shape index (κ3) is 4.87. The van der Waals surface area contributed by atoms with Gasteiger partial charge in [0.25, 0.3) is 0 Å². The number of alkyl halides is 3. The van der Waals surface area contributed by atoms with E-state index in [0.29, 0.717) is 55.1 Å². The maximum Gasteiger partial charge on any atom is 0.416 e. The van der Waals surface area contributed by atoms with Crippen molar-refractivity contribution in [3.8, 4) is 17.0 Å². The first-order valence-electron chi connectivity index (χ1n) is 10.8. The van der Waals surface area contributed by atoms with Crippen LogP contribution in [0.15, 0.2) is 24.3 Å². The van der Waals surface area contributed by atoms with Crippen molar-refractivity contribution in [2.75, 3.05) is 31.1 Å². The number of pyridine rings is 1. The number of aromatic nitrogens is 3. The number of nitrogens with zero attached hydrogens (tertiary/aromatic N) is 4. The molecule has 0 spiro atoms. The number of anilines is 1. The zero-order valence-corrected chi connectivity index (χ0v) is 19.3. The van der Waals surface area contributed by atoms with Crippen molar-refractivity contribution in [1.82, 2.24) is 19.9 Å². The van der Waals surface area contributed by atoms with Crippen LogP contribution in [0.4, 0.5) is 23.9 Å². The average Bonchev–Trinajstić information content (AvgIpc) is 3.15. The van der Waals surface area contributed by atoms with E-state index in [9.17, 15) is 23.1 Å². The number of fused-ring (bicyclic) bond motifs is 1. The van der Waals surface area contributed by atoms with Gasteiger partial charge in [-0.1, -0.05) is 0 Å². The van der Waals surface area contributed by atoms with Gasteiger partial charge in [-0.05, 0) is 57.5 Å². The highest BCUT2D eigenvalue weighted by molar-refractivity contribution is 5.80. The summed E-state index contributed by atoms with van der Waals surface area (Å²) in [6.07, 6.45) is -4.90. The van der Waals surface area contributed by atoms with Gasteiger partial charge in [0.1, 0.15) is 11.4 Å². The first kappa shape index (κ1) is 23.7. The molecule has 0 atom stereocenters. The summed E-state index contributed by atoms with van der Waals surface area (Å²) in [6.45, 7) is 9.01. The predicted molar refractivity (Wildman–Crippen MR) is 121 cm³/mol. The van der Waals surface area contributed by atoms with E-state index in [4.69, 9.17) is 4.74 Å². The fourth-order valence-corrected chi connectivity index (χ4v) is 3.86. The highest BCUT2D eigenvalue weighted by Crippen LogP contribution is 2.38. The minimum atomic E-state index is -4.55. The van der Waals surface area contributed by atoms with E-state index in [2.05, 4.69) is 15.0 Å².